The van der Waals surface area contributed by atoms with Crippen molar-refractivity contribution in [2.45, 2.75) is 44.9 Å². The second-order valence-corrected chi connectivity index (χ2v) is 5.14. The molecule has 1 heterocycles. The highest BCUT2D eigenvalue weighted by Crippen LogP contribution is 2.32. The van der Waals surface area contributed by atoms with Gasteiger partial charge in [0.15, 0.2) is 0 Å². The third-order valence-corrected chi connectivity index (χ3v) is 3.26. The molecule has 1 aliphatic rings. The molecule has 2 rings (SSSR count). The summed E-state index contributed by atoms with van der Waals surface area (Å²) in [7, 11) is 0. The quantitative estimate of drug-likeness (QED) is 0.675. The number of nitro groups is 1. The van der Waals surface area contributed by atoms with Crippen molar-refractivity contribution in [1.29, 1.82) is 0 Å². The summed E-state index contributed by atoms with van der Waals surface area (Å²) < 4.78 is 5.69. The van der Waals surface area contributed by atoms with Gasteiger partial charge in [0.05, 0.1) is 6.10 Å². The van der Waals surface area contributed by atoms with Crippen molar-refractivity contribution in [3.05, 3.63) is 39.9 Å². The molecule has 0 unspecified atom stereocenters. The summed E-state index contributed by atoms with van der Waals surface area (Å²) in [6, 6.07) is 5.69. The fraction of sp³-hybridized carbons (Fsp3) is 0.500. The van der Waals surface area contributed by atoms with E-state index in [-0.39, 0.29) is 29.8 Å². The molecule has 0 saturated carbocycles. The van der Waals surface area contributed by atoms with Crippen LogP contribution in [0.4, 0.5) is 0 Å². The molecule has 1 aromatic rings. The van der Waals surface area contributed by atoms with Crippen LogP contribution in [-0.2, 0) is 4.79 Å². The van der Waals surface area contributed by atoms with Gasteiger partial charge in [0.2, 0.25) is 11.9 Å². The van der Waals surface area contributed by atoms with E-state index in [0.29, 0.717) is 11.3 Å². The Labute approximate surface area is 117 Å². The van der Waals surface area contributed by atoms with Gasteiger partial charge in [-0.25, -0.2) is 0 Å². The maximum absolute atomic E-state index is 11.6. The molecule has 0 radical (unpaired) electrons. The summed E-state index contributed by atoms with van der Waals surface area (Å²) in [5.41, 5.74) is 0.663. The second kappa shape index (κ2) is 5.90. The highest BCUT2D eigenvalue weighted by molar-refractivity contribution is 5.77. The van der Waals surface area contributed by atoms with Crippen molar-refractivity contribution < 1.29 is 14.5 Å². The molecule has 1 aliphatic heterocycles. The number of amides is 1. The topological polar surface area (TPSA) is 81.5 Å². The summed E-state index contributed by atoms with van der Waals surface area (Å²) >= 11 is 0. The van der Waals surface area contributed by atoms with E-state index in [1.54, 1.807) is 18.2 Å². The maximum atomic E-state index is 11.6. The van der Waals surface area contributed by atoms with Crippen molar-refractivity contribution >= 4 is 5.91 Å². The number of para-hydroxylation sites is 1. The normalized spacial score (nSPS) is 22.4. The first kappa shape index (κ1) is 14.3. The zero-order valence-electron chi connectivity index (χ0n) is 11.5. The smallest absolute Gasteiger partial charge is 0.237 e. The van der Waals surface area contributed by atoms with Crippen molar-refractivity contribution in [2.75, 3.05) is 0 Å². The summed E-state index contributed by atoms with van der Waals surface area (Å²) in [4.78, 5) is 22.4. The molecule has 0 aromatic heterocycles. The van der Waals surface area contributed by atoms with Crippen LogP contribution in [0, 0.1) is 10.1 Å². The van der Waals surface area contributed by atoms with E-state index < -0.39 is 12.1 Å². The number of nitrogens with zero attached hydrogens (tertiary/aromatic N) is 1. The number of carbonyl (C=O) groups excluding carboxylic acids is 1. The minimum absolute atomic E-state index is 0.0375. The van der Waals surface area contributed by atoms with Crippen LogP contribution in [0.1, 0.15) is 38.3 Å². The molecule has 20 heavy (non-hydrogen) atoms. The third-order valence-electron chi connectivity index (χ3n) is 3.26. The number of carbonyl (C=O) groups is 1. The lowest BCUT2D eigenvalue weighted by molar-refractivity contribution is -0.529. The zero-order valence-corrected chi connectivity index (χ0v) is 11.5. The molecule has 0 aliphatic carbocycles. The van der Waals surface area contributed by atoms with Gasteiger partial charge in [-0.05, 0) is 19.9 Å². The number of hydrogen-bond acceptors (Lipinski definition) is 4. The Hall–Kier alpha value is -2.11. The lowest BCUT2D eigenvalue weighted by atomic mass is 9.92. The molecule has 1 aromatic carbocycles. The van der Waals surface area contributed by atoms with E-state index in [1.165, 1.54) is 0 Å². The first-order chi connectivity index (χ1) is 9.49. The van der Waals surface area contributed by atoms with Crippen LogP contribution in [0.5, 0.6) is 5.75 Å². The number of benzene rings is 1. The molecule has 1 N–H and O–H groups in total. The van der Waals surface area contributed by atoms with Gasteiger partial charge in [-0.1, -0.05) is 18.2 Å². The minimum Gasteiger partial charge on any atom is -0.491 e. The van der Waals surface area contributed by atoms with E-state index >= 15 is 0 Å². The highest BCUT2D eigenvalue weighted by Gasteiger charge is 2.39. The van der Waals surface area contributed by atoms with E-state index in [9.17, 15) is 14.9 Å². The Kier molecular flexibility index (Phi) is 4.22. The summed E-state index contributed by atoms with van der Waals surface area (Å²) in [5.74, 6) is 0.425. The summed E-state index contributed by atoms with van der Waals surface area (Å²) in [6.45, 7) is 3.78. The van der Waals surface area contributed by atoms with E-state index in [1.807, 2.05) is 19.9 Å². The van der Waals surface area contributed by atoms with Gasteiger partial charge in [-0.3, -0.25) is 14.9 Å². The number of ether oxygens (including phenoxy) is 1. The molecule has 0 spiro atoms. The predicted octanol–water partition coefficient (Wildman–Crippen LogP) is 2.07. The SMILES string of the molecule is CC(C)Oc1ccccc1[C@H]1NC(=O)CC[C@@H]1[N+](=O)[O-]. The Morgan fingerprint density at radius 3 is 2.75 bits per heavy atom. The lowest BCUT2D eigenvalue weighted by Gasteiger charge is -2.28. The number of nitrogens with one attached hydrogen (secondary N) is 1. The van der Waals surface area contributed by atoms with Crippen molar-refractivity contribution in [2.24, 2.45) is 0 Å². The molecule has 0 bridgehead atoms. The van der Waals surface area contributed by atoms with E-state index in [0.717, 1.165) is 0 Å². The van der Waals surface area contributed by atoms with Gasteiger partial charge in [-0.15, -0.1) is 0 Å². The van der Waals surface area contributed by atoms with Crippen molar-refractivity contribution in [3.63, 3.8) is 0 Å². The van der Waals surface area contributed by atoms with Crippen molar-refractivity contribution in [3.8, 4) is 5.75 Å². The molecular weight excluding hydrogens is 260 g/mol. The Bertz CT molecular complexity index is 516. The molecule has 1 saturated heterocycles. The second-order valence-electron chi connectivity index (χ2n) is 5.14. The van der Waals surface area contributed by atoms with Crippen LogP contribution in [0.2, 0.25) is 0 Å². The average Bonchev–Trinajstić information content (AvgIpc) is 2.38. The Morgan fingerprint density at radius 1 is 1.40 bits per heavy atom. The van der Waals surface area contributed by atoms with Crippen LogP contribution in [-0.4, -0.2) is 23.0 Å². The summed E-state index contributed by atoms with van der Waals surface area (Å²) in [5, 5.41) is 13.9. The molecule has 1 fully saturated rings. The van der Waals surface area contributed by atoms with Gasteiger partial charge < -0.3 is 10.1 Å². The number of hydrogen-bond donors (Lipinski definition) is 1. The maximum Gasteiger partial charge on any atom is 0.237 e. The van der Waals surface area contributed by atoms with Gasteiger partial charge in [0, 0.05) is 23.3 Å². The van der Waals surface area contributed by atoms with E-state index in [4.69, 9.17) is 4.74 Å². The fourth-order valence-corrected chi connectivity index (χ4v) is 2.40. The van der Waals surface area contributed by atoms with E-state index in [2.05, 4.69) is 5.32 Å². The van der Waals surface area contributed by atoms with Crippen LogP contribution in [0.3, 0.4) is 0 Å². The molecule has 2 atom stereocenters. The molecule has 108 valence electrons. The monoisotopic (exact) mass is 278 g/mol. The summed E-state index contributed by atoms with van der Waals surface area (Å²) in [6.07, 6.45) is 0.402. The van der Waals surface area contributed by atoms with Crippen LogP contribution < -0.4 is 10.1 Å². The largest absolute Gasteiger partial charge is 0.491 e. The van der Waals surface area contributed by atoms with Crippen LogP contribution in [0.15, 0.2) is 24.3 Å². The Balaban J connectivity index is 2.36. The molecule has 6 heteroatoms. The lowest BCUT2D eigenvalue weighted by Crippen LogP contribution is -2.45. The third kappa shape index (κ3) is 3.07. The number of rotatable bonds is 4. The number of piperidine rings is 1. The molecule has 6 nitrogen and oxygen atoms in total. The fourth-order valence-electron chi connectivity index (χ4n) is 2.40. The van der Waals surface area contributed by atoms with Gasteiger partial charge in [0.1, 0.15) is 11.8 Å². The van der Waals surface area contributed by atoms with Crippen molar-refractivity contribution in [1.82, 2.24) is 5.32 Å². The van der Waals surface area contributed by atoms with Gasteiger partial charge in [-0.2, -0.15) is 0 Å². The van der Waals surface area contributed by atoms with Crippen LogP contribution >= 0.6 is 0 Å². The van der Waals surface area contributed by atoms with Crippen LogP contribution in [0.25, 0.3) is 0 Å². The zero-order chi connectivity index (χ0) is 14.7. The highest BCUT2D eigenvalue weighted by atomic mass is 16.6. The standard InChI is InChI=1S/C14H18N2O4/c1-9(2)20-12-6-4-3-5-10(12)14-11(16(18)19)7-8-13(17)15-14/h3-6,9,11,14H,7-8H2,1-2H3,(H,15,17)/t11-,14+/m0/s1. The Morgan fingerprint density at radius 2 is 2.10 bits per heavy atom. The predicted molar refractivity (Wildman–Crippen MR) is 73.1 cm³/mol. The van der Waals surface area contributed by atoms with Gasteiger partial charge >= 0.3 is 0 Å². The van der Waals surface area contributed by atoms with Gasteiger partial charge in [0.25, 0.3) is 0 Å². The molecular formula is C14H18N2O4. The minimum atomic E-state index is -0.815. The first-order valence-electron chi connectivity index (χ1n) is 6.67. The molecule has 1 amide bonds. The first-order valence-corrected chi connectivity index (χ1v) is 6.67. The average molecular weight is 278 g/mol.